The molecule has 0 aliphatic carbocycles. The number of aromatic amines is 1. The third-order valence-corrected chi connectivity index (χ3v) is 2.30. The number of aryl methyl sites for hydroxylation is 2. The molecule has 0 aliphatic heterocycles. The van der Waals surface area contributed by atoms with Gasteiger partial charge in [0.25, 0.3) is 0 Å². The third-order valence-electron chi connectivity index (χ3n) is 2.30. The van der Waals surface area contributed by atoms with Crippen molar-refractivity contribution in [2.24, 2.45) is 0 Å². The van der Waals surface area contributed by atoms with Gasteiger partial charge in [0.15, 0.2) is 0 Å². The van der Waals surface area contributed by atoms with Crippen LogP contribution in [0.25, 0.3) is 10.9 Å². The van der Waals surface area contributed by atoms with Crippen molar-refractivity contribution in [1.29, 1.82) is 0 Å². The zero-order valence-corrected chi connectivity index (χ0v) is 9.05. The first-order chi connectivity index (χ1) is 7.06. The monoisotopic (exact) mass is 203 g/mol. The molecule has 2 aromatic rings. The molecule has 0 unspecified atom stereocenters. The Morgan fingerprint density at radius 1 is 1.27 bits per heavy atom. The van der Waals surface area contributed by atoms with Crippen molar-refractivity contribution in [1.82, 2.24) is 4.98 Å². The fraction of sp³-hybridized carbons (Fsp3) is 0.250. The molecular formula is C12H13NO2. The molecule has 78 valence electrons. The summed E-state index contributed by atoms with van der Waals surface area (Å²) in [5.41, 5.74) is 3.13. The Morgan fingerprint density at radius 2 is 2.00 bits per heavy atom. The van der Waals surface area contributed by atoms with Gasteiger partial charge < -0.3 is 9.72 Å². The van der Waals surface area contributed by atoms with E-state index in [1.54, 1.807) is 0 Å². The van der Waals surface area contributed by atoms with Gasteiger partial charge in [-0.25, -0.2) is 0 Å². The van der Waals surface area contributed by atoms with Crippen LogP contribution in [0, 0.1) is 13.8 Å². The van der Waals surface area contributed by atoms with E-state index in [-0.39, 0.29) is 5.97 Å². The minimum atomic E-state index is -0.287. The normalized spacial score (nSPS) is 10.6. The highest BCUT2D eigenvalue weighted by atomic mass is 16.5. The molecule has 1 heterocycles. The van der Waals surface area contributed by atoms with Crippen molar-refractivity contribution in [2.75, 3.05) is 0 Å². The molecule has 1 aromatic carbocycles. The molecule has 1 aromatic heterocycles. The Kier molecular flexibility index (Phi) is 2.23. The molecular weight excluding hydrogens is 190 g/mol. The highest BCUT2D eigenvalue weighted by molar-refractivity contribution is 5.84. The van der Waals surface area contributed by atoms with E-state index in [2.05, 4.69) is 4.98 Å². The van der Waals surface area contributed by atoms with Crippen LogP contribution in [0.15, 0.2) is 18.2 Å². The number of carbonyl (C=O) groups excluding carboxylic acids is 1. The number of fused-ring (bicyclic) bond motifs is 1. The van der Waals surface area contributed by atoms with Crippen molar-refractivity contribution >= 4 is 16.9 Å². The summed E-state index contributed by atoms with van der Waals surface area (Å²) >= 11 is 0. The maximum atomic E-state index is 10.9. The molecule has 0 radical (unpaired) electrons. The fourth-order valence-corrected chi connectivity index (χ4v) is 1.68. The van der Waals surface area contributed by atoms with Crippen molar-refractivity contribution < 1.29 is 9.53 Å². The summed E-state index contributed by atoms with van der Waals surface area (Å²) < 4.78 is 5.11. The molecule has 3 nitrogen and oxygen atoms in total. The highest BCUT2D eigenvalue weighted by Crippen LogP contribution is 2.25. The molecule has 0 aliphatic rings. The Balaban J connectivity index is 2.55. The summed E-state index contributed by atoms with van der Waals surface area (Å²) in [6.07, 6.45) is 0. The van der Waals surface area contributed by atoms with Crippen LogP contribution < -0.4 is 4.74 Å². The lowest BCUT2D eigenvalue weighted by atomic mass is 10.1. The van der Waals surface area contributed by atoms with E-state index in [1.165, 1.54) is 6.92 Å². The number of ether oxygens (including phenoxy) is 1. The van der Waals surface area contributed by atoms with Crippen molar-refractivity contribution in [2.45, 2.75) is 20.8 Å². The van der Waals surface area contributed by atoms with Gasteiger partial charge in [-0.05, 0) is 37.6 Å². The van der Waals surface area contributed by atoms with Crippen LogP contribution in [0.1, 0.15) is 18.2 Å². The van der Waals surface area contributed by atoms with Gasteiger partial charge in [0.2, 0.25) is 0 Å². The first-order valence-corrected chi connectivity index (χ1v) is 4.84. The second kappa shape index (κ2) is 3.42. The molecule has 0 fully saturated rings. The number of hydrogen-bond donors (Lipinski definition) is 1. The minimum Gasteiger partial charge on any atom is -0.426 e. The SMILES string of the molecule is CC(=O)Oc1cc2cc(C)[nH]c2cc1C. The van der Waals surface area contributed by atoms with Gasteiger partial charge in [-0.15, -0.1) is 0 Å². The molecule has 0 amide bonds. The molecule has 0 bridgehead atoms. The summed E-state index contributed by atoms with van der Waals surface area (Å²) in [7, 11) is 0. The van der Waals surface area contributed by atoms with Crippen LogP contribution >= 0.6 is 0 Å². The zero-order valence-electron chi connectivity index (χ0n) is 9.05. The average Bonchev–Trinajstić information content (AvgIpc) is 2.44. The van der Waals surface area contributed by atoms with Crippen LogP contribution in [-0.4, -0.2) is 11.0 Å². The summed E-state index contributed by atoms with van der Waals surface area (Å²) in [5.74, 6) is 0.346. The van der Waals surface area contributed by atoms with Gasteiger partial charge in [-0.2, -0.15) is 0 Å². The number of carbonyl (C=O) groups is 1. The Bertz CT molecular complexity index is 526. The second-order valence-electron chi connectivity index (χ2n) is 3.75. The number of H-pyrrole nitrogens is 1. The Morgan fingerprint density at radius 3 is 2.67 bits per heavy atom. The van der Waals surface area contributed by atoms with Gasteiger partial charge >= 0.3 is 5.97 Å². The van der Waals surface area contributed by atoms with Gasteiger partial charge in [0, 0.05) is 23.5 Å². The van der Waals surface area contributed by atoms with E-state index < -0.39 is 0 Å². The van der Waals surface area contributed by atoms with Gasteiger partial charge in [0.1, 0.15) is 5.75 Å². The molecule has 0 atom stereocenters. The topological polar surface area (TPSA) is 42.1 Å². The average molecular weight is 203 g/mol. The lowest BCUT2D eigenvalue weighted by Gasteiger charge is -2.04. The predicted octanol–water partition coefficient (Wildman–Crippen LogP) is 2.71. The first kappa shape index (κ1) is 9.77. The number of hydrogen-bond acceptors (Lipinski definition) is 2. The van der Waals surface area contributed by atoms with Gasteiger partial charge in [-0.3, -0.25) is 4.79 Å². The number of aromatic nitrogens is 1. The zero-order chi connectivity index (χ0) is 11.0. The van der Waals surface area contributed by atoms with Crippen molar-refractivity contribution in [3.05, 3.63) is 29.5 Å². The number of esters is 1. The number of rotatable bonds is 1. The summed E-state index contributed by atoms with van der Waals surface area (Å²) in [5, 5.41) is 1.06. The van der Waals surface area contributed by atoms with Crippen molar-refractivity contribution in [3.8, 4) is 5.75 Å². The lowest BCUT2D eigenvalue weighted by molar-refractivity contribution is -0.131. The predicted molar refractivity (Wildman–Crippen MR) is 59.1 cm³/mol. The number of benzene rings is 1. The van der Waals surface area contributed by atoms with Gasteiger partial charge in [-0.1, -0.05) is 0 Å². The van der Waals surface area contributed by atoms with Crippen LogP contribution in [0.4, 0.5) is 0 Å². The molecule has 3 heteroatoms. The molecule has 0 saturated carbocycles. The van der Waals surface area contributed by atoms with E-state index >= 15 is 0 Å². The fourth-order valence-electron chi connectivity index (χ4n) is 1.68. The van der Waals surface area contributed by atoms with E-state index in [0.717, 1.165) is 22.2 Å². The number of nitrogens with one attached hydrogen (secondary N) is 1. The Labute approximate surface area is 88.1 Å². The van der Waals surface area contributed by atoms with Crippen molar-refractivity contribution in [3.63, 3.8) is 0 Å². The smallest absolute Gasteiger partial charge is 0.308 e. The maximum absolute atomic E-state index is 10.9. The van der Waals surface area contributed by atoms with E-state index in [9.17, 15) is 4.79 Å². The first-order valence-electron chi connectivity index (χ1n) is 4.84. The van der Waals surface area contributed by atoms with Crippen LogP contribution in [0.3, 0.4) is 0 Å². The largest absolute Gasteiger partial charge is 0.426 e. The highest BCUT2D eigenvalue weighted by Gasteiger charge is 2.06. The van der Waals surface area contributed by atoms with Crippen LogP contribution in [0.5, 0.6) is 5.75 Å². The molecule has 15 heavy (non-hydrogen) atoms. The quantitative estimate of drug-likeness (QED) is 0.572. The lowest BCUT2D eigenvalue weighted by Crippen LogP contribution is -2.02. The summed E-state index contributed by atoms with van der Waals surface area (Å²) in [6.45, 7) is 5.33. The molecule has 1 N–H and O–H groups in total. The second-order valence-corrected chi connectivity index (χ2v) is 3.75. The van der Waals surface area contributed by atoms with E-state index in [4.69, 9.17) is 4.74 Å². The summed E-state index contributed by atoms with van der Waals surface area (Å²) in [4.78, 5) is 14.1. The standard InChI is InChI=1S/C12H13NO2/c1-7-4-11-10(5-8(2)13-11)6-12(7)15-9(3)14/h4-6,13H,1-3H3. The summed E-state index contributed by atoms with van der Waals surface area (Å²) in [6, 6.07) is 5.90. The maximum Gasteiger partial charge on any atom is 0.308 e. The van der Waals surface area contributed by atoms with Gasteiger partial charge in [0.05, 0.1) is 0 Å². The Hall–Kier alpha value is -1.77. The van der Waals surface area contributed by atoms with Crippen LogP contribution in [-0.2, 0) is 4.79 Å². The van der Waals surface area contributed by atoms with E-state index in [0.29, 0.717) is 5.75 Å². The minimum absolute atomic E-state index is 0.287. The van der Waals surface area contributed by atoms with E-state index in [1.807, 2.05) is 32.0 Å². The molecule has 2 rings (SSSR count). The van der Waals surface area contributed by atoms with Crippen LogP contribution in [0.2, 0.25) is 0 Å². The third kappa shape index (κ3) is 1.86. The molecule has 0 spiro atoms. The molecule has 0 saturated heterocycles.